The van der Waals surface area contributed by atoms with Gasteiger partial charge in [-0.2, -0.15) is 0 Å². The number of ether oxygens (including phenoxy) is 1. The highest BCUT2D eigenvalue weighted by Gasteiger charge is 2.30. The number of ketones is 1. The Morgan fingerprint density at radius 3 is 2.67 bits per heavy atom. The van der Waals surface area contributed by atoms with Gasteiger partial charge >= 0.3 is 0 Å². The third kappa shape index (κ3) is 2.69. The van der Waals surface area contributed by atoms with Gasteiger partial charge in [-0.3, -0.25) is 4.79 Å². The Hall–Kier alpha value is -2.27. The number of aromatic nitrogens is 1. The summed E-state index contributed by atoms with van der Waals surface area (Å²) in [6.07, 6.45) is 2.37. The molecule has 1 aromatic heterocycles. The normalized spacial score (nSPS) is 19.7. The number of benzene rings is 1. The molecule has 1 unspecified atom stereocenters. The average Bonchev–Trinajstić information content (AvgIpc) is 3.07. The van der Waals surface area contributed by atoms with E-state index in [-0.39, 0.29) is 18.2 Å². The first-order valence-electron chi connectivity index (χ1n) is 8.32. The molecule has 0 N–H and O–H groups in total. The van der Waals surface area contributed by atoms with Gasteiger partial charge in [0, 0.05) is 25.5 Å². The fraction of sp³-hybridized carbons (Fsp3) is 0.368. The van der Waals surface area contributed by atoms with Crippen molar-refractivity contribution in [1.29, 1.82) is 0 Å². The van der Waals surface area contributed by atoms with Gasteiger partial charge in [-0.15, -0.1) is 0 Å². The lowest BCUT2D eigenvalue weighted by atomic mass is 9.97. The predicted molar refractivity (Wildman–Crippen MR) is 89.9 cm³/mol. The number of halogens is 1. The zero-order chi connectivity index (χ0) is 16.5. The molecule has 1 fully saturated rings. The van der Waals surface area contributed by atoms with E-state index in [4.69, 9.17) is 4.74 Å². The van der Waals surface area contributed by atoms with Gasteiger partial charge < -0.3 is 9.30 Å². The second-order valence-corrected chi connectivity index (χ2v) is 6.28. The highest BCUT2D eigenvalue weighted by Crippen LogP contribution is 2.36. The minimum atomic E-state index is -1.35. The lowest BCUT2D eigenvalue weighted by molar-refractivity contribution is 0.0700. The van der Waals surface area contributed by atoms with Crippen molar-refractivity contribution in [3.8, 4) is 0 Å². The third-order valence-electron chi connectivity index (χ3n) is 4.75. The van der Waals surface area contributed by atoms with Crippen LogP contribution in [0.15, 0.2) is 47.6 Å². The van der Waals surface area contributed by atoms with E-state index in [1.54, 1.807) is 24.3 Å². The fourth-order valence-electron chi connectivity index (χ4n) is 3.43. The maximum atomic E-state index is 14.9. The maximum absolute atomic E-state index is 14.9. The summed E-state index contributed by atoms with van der Waals surface area (Å²) in [5, 5.41) is 0. The third-order valence-corrected chi connectivity index (χ3v) is 4.75. The molecule has 2 aromatic rings. The molecule has 2 aliphatic rings. The van der Waals surface area contributed by atoms with Crippen molar-refractivity contribution in [3.05, 3.63) is 53.7 Å². The van der Waals surface area contributed by atoms with Crippen LogP contribution in [-0.2, 0) is 4.74 Å². The maximum Gasteiger partial charge on any atom is 0.172 e. The molecule has 0 spiro atoms. The number of fused-ring (bicyclic) bond motifs is 1. The highest BCUT2D eigenvalue weighted by atomic mass is 19.1. The summed E-state index contributed by atoms with van der Waals surface area (Å²) in [6.45, 7) is 1.41. The number of hydrogen-bond donors (Lipinski definition) is 0. The molecule has 0 aliphatic carbocycles. The molecule has 2 aliphatic heterocycles. The smallest absolute Gasteiger partial charge is 0.172 e. The second-order valence-electron chi connectivity index (χ2n) is 6.28. The van der Waals surface area contributed by atoms with Crippen LogP contribution in [0.1, 0.15) is 47.4 Å². The summed E-state index contributed by atoms with van der Waals surface area (Å²) in [4.78, 5) is 17.0. The molecule has 0 saturated carbocycles. The van der Waals surface area contributed by atoms with E-state index in [2.05, 4.69) is 4.99 Å². The van der Waals surface area contributed by atoms with Gasteiger partial charge in [0.05, 0.1) is 17.7 Å². The van der Waals surface area contributed by atoms with Crippen LogP contribution in [0.25, 0.3) is 0 Å². The zero-order valence-corrected chi connectivity index (χ0v) is 13.3. The molecule has 3 heterocycles. The molecule has 4 nitrogen and oxygen atoms in total. The Morgan fingerprint density at radius 2 is 1.92 bits per heavy atom. The van der Waals surface area contributed by atoms with E-state index in [0.29, 0.717) is 35.9 Å². The topological polar surface area (TPSA) is 43.6 Å². The predicted octanol–water partition coefficient (Wildman–Crippen LogP) is 4.21. The van der Waals surface area contributed by atoms with Crippen LogP contribution in [0.4, 0.5) is 10.2 Å². The van der Waals surface area contributed by atoms with Crippen LogP contribution in [-0.4, -0.2) is 29.3 Å². The van der Waals surface area contributed by atoms with Crippen LogP contribution in [0.5, 0.6) is 0 Å². The summed E-state index contributed by atoms with van der Waals surface area (Å²) in [5.41, 5.74) is 1.44. The van der Waals surface area contributed by atoms with E-state index in [1.165, 1.54) is 0 Å². The van der Waals surface area contributed by atoms with E-state index in [0.717, 1.165) is 12.8 Å². The number of rotatable bonds is 3. The molecule has 0 bridgehead atoms. The van der Waals surface area contributed by atoms with Crippen LogP contribution in [0, 0.1) is 0 Å². The molecular weight excluding hydrogens is 307 g/mol. The number of aliphatic imine (C=N–C) groups is 1. The molecular formula is C19H19FN2O2. The molecule has 1 aromatic carbocycles. The van der Waals surface area contributed by atoms with Crippen molar-refractivity contribution >= 4 is 17.3 Å². The minimum Gasteiger partial charge on any atom is -0.381 e. The van der Waals surface area contributed by atoms with Crippen LogP contribution >= 0.6 is 0 Å². The van der Waals surface area contributed by atoms with Crippen LogP contribution in [0.2, 0.25) is 0 Å². The van der Waals surface area contributed by atoms with Gasteiger partial charge in [-0.1, -0.05) is 30.3 Å². The Balaban J connectivity index is 1.70. The van der Waals surface area contributed by atoms with Crippen molar-refractivity contribution in [1.82, 2.24) is 4.57 Å². The quantitative estimate of drug-likeness (QED) is 0.848. The Bertz CT molecular complexity index is 776. The second kappa shape index (κ2) is 6.32. The zero-order valence-electron chi connectivity index (χ0n) is 13.3. The number of Topliss-reactive ketones (excluding diaryl/α,β-unsaturated/α-hetero) is 1. The molecule has 1 atom stereocenters. The first-order valence-corrected chi connectivity index (χ1v) is 8.32. The summed E-state index contributed by atoms with van der Waals surface area (Å²) in [7, 11) is 0. The Kier molecular flexibility index (Phi) is 4.02. The number of alkyl halides is 1. The SMILES string of the molecule is O=C1CC(C(F)c2ccccc2)=Nc2c1ccn2C1CCOCC1. The first-order chi connectivity index (χ1) is 11.7. The van der Waals surface area contributed by atoms with E-state index in [1.807, 2.05) is 22.9 Å². The lowest BCUT2D eigenvalue weighted by Crippen LogP contribution is -2.21. The molecule has 0 radical (unpaired) electrons. The summed E-state index contributed by atoms with van der Waals surface area (Å²) in [6, 6.07) is 11.0. The molecule has 5 heteroatoms. The van der Waals surface area contributed by atoms with E-state index >= 15 is 0 Å². The monoisotopic (exact) mass is 326 g/mol. The largest absolute Gasteiger partial charge is 0.381 e. The standard InChI is InChI=1S/C19H19FN2O2/c20-18(13-4-2-1-3-5-13)16-12-17(23)15-6-9-22(19(15)21-16)14-7-10-24-11-8-14/h1-6,9,14,18H,7-8,10-12H2. The van der Waals surface area contributed by atoms with Gasteiger partial charge in [-0.05, 0) is 24.5 Å². The van der Waals surface area contributed by atoms with Crippen molar-refractivity contribution in [3.63, 3.8) is 0 Å². The molecule has 1 saturated heterocycles. The minimum absolute atomic E-state index is 0.0425. The van der Waals surface area contributed by atoms with Gasteiger partial charge in [0.15, 0.2) is 12.0 Å². The average molecular weight is 326 g/mol. The lowest BCUT2D eigenvalue weighted by Gasteiger charge is -2.26. The summed E-state index contributed by atoms with van der Waals surface area (Å²) >= 11 is 0. The Labute approximate surface area is 140 Å². The van der Waals surface area contributed by atoms with Crippen molar-refractivity contribution in [2.75, 3.05) is 13.2 Å². The van der Waals surface area contributed by atoms with Crippen molar-refractivity contribution < 1.29 is 13.9 Å². The first kappa shape index (κ1) is 15.3. The number of hydrogen-bond acceptors (Lipinski definition) is 3. The van der Waals surface area contributed by atoms with Crippen molar-refractivity contribution in [2.45, 2.75) is 31.5 Å². The number of carbonyl (C=O) groups excluding carboxylic acids is 1. The van der Waals surface area contributed by atoms with Crippen LogP contribution < -0.4 is 0 Å². The van der Waals surface area contributed by atoms with Gasteiger partial charge in [-0.25, -0.2) is 9.38 Å². The number of carbonyl (C=O) groups is 1. The number of nitrogens with zero attached hydrogens (tertiary/aromatic N) is 2. The van der Waals surface area contributed by atoms with Gasteiger partial charge in [0.1, 0.15) is 5.82 Å². The molecule has 24 heavy (non-hydrogen) atoms. The molecule has 0 amide bonds. The molecule has 4 rings (SSSR count). The van der Waals surface area contributed by atoms with E-state index in [9.17, 15) is 9.18 Å². The van der Waals surface area contributed by atoms with Crippen molar-refractivity contribution in [2.24, 2.45) is 4.99 Å². The van der Waals surface area contributed by atoms with Gasteiger partial charge in [0.2, 0.25) is 0 Å². The van der Waals surface area contributed by atoms with E-state index < -0.39 is 6.17 Å². The fourth-order valence-corrected chi connectivity index (χ4v) is 3.43. The molecule has 124 valence electrons. The summed E-state index contributed by atoms with van der Waals surface area (Å²) in [5.74, 6) is 0.547. The van der Waals surface area contributed by atoms with Crippen LogP contribution in [0.3, 0.4) is 0 Å². The Morgan fingerprint density at radius 1 is 1.17 bits per heavy atom. The van der Waals surface area contributed by atoms with Gasteiger partial charge in [0.25, 0.3) is 0 Å². The summed E-state index contributed by atoms with van der Waals surface area (Å²) < 4.78 is 22.3. The highest BCUT2D eigenvalue weighted by molar-refractivity contribution is 6.16.